The van der Waals surface area contributed by atoms with E-state index in [-0.39, 0.29) is 23.5 Å². The molecule has 0 spiro atoms. The van der Waals surface area contributed by atoms with E-state index in [2.05, 4.69) is 26.1 Å². The van der Waals surface area contributed by atoms with Crippen molar-refractivity contribution in [2.24, 2.45) is 11.1 Å². The van der Waals surface area contributed by atoms with Gasteiger partial charge in [-0.3, -0.25) is 4.79 Å². The van der Waals surface area contributed by atoms with E-state index in [1.807, 2.05) is 0 Å². The molecule has 0 aromatic rings. The SMILES string of the molecule is CC(C)(C)C(CN)NC(=O)CC1CCCO1. The molecule has 1 fully saturated rings. The van der Waals surface area contributed by atoms with E-state index in [1.54, 1.807) is 0 Å². The summed E-state index contributed by atoms with van der Waals surface area (Å²) in [5, 5.41) is 2.99. The molecular formula is C12H24N2O2. The molecule has 0 aliphatic carbocycles. The minimum absolute atomic E-state index is 0.000936. The summed E-state index contributed by atoms with van der Waals surface area (Å²) in [5.41, 5.74) is 5.67. The standard InChI is InChI=1S/C12H24N2O2/c1-12(2,3)10(8-13)14-11(15)7-9-5-4-6-16-9/h9-10H,4-8,13H2,1-3H3,(H,14,15). The molecule has 4 nitrogen and oxygen atoms in total. The molecule has 1 heterocycles. The van der Waals surface area contributed by atoms with E-state index in [0.717, 1.165) is 19.4 Å². The lowest BCUT2D eigenvalue weighted by atomic mass is 9.86. The molecule has 16 heavy (non-hydrogen) atoms. The highest BCUT2D eigenvalue weighted by atomic mass is 16.5. The van der Waals surface area contributed by atoms with Crippen LogP contribution >= 0.6 is 0 Å². The zero-order chi connectivity index (χ0) is 12.2. The molecule has 4 heteroatoms. The first kappa shape index (κ1) is 13.5. The quantitative estimate of drug-likeness (QED) is 0.756. The van der Waals surface area contributed by atoms with Crippen LogP contribution in [0.1, 0.15) is 40.0 Å². The maximum atomic E-state index is 11.8. The number of carbonyl (C=O) groups excluding carboxylic acids is 1. The van der Waals surface area contributed by atoms with E-state index in [4.69, 9.17) is 10.5 Å². The molecule has 0 bridgehead atoms. The highest BCUT2D eigenvalue weighted by molar-refractivity contribution is 5.76. The van der Waals surface area contributed by atoms with Crippen molar-refractivity contribution in [3.8, 4) is 0 Å². The minimum Gasteiger partial charge on any atom is -0.378 e. The van der Waals surface area contributed by atoms with Crippen LogP contribution in [0.5, 0.6) is 0 Å². The van der Waals surface area contributed by atoms with Gasteiger partial charge in [-0.25, -0.2) is 0 Å². The maximum absolute atomic E-state index is 11.8. The normalized spacial score (nSPS) is 23.1. The zero-order valence-electron chi connectivity index (χ0n) is 10.6. The molecule has 2 unspecified atom stereocenters. The fourth-order valence-corrected chi connectivity index (χ4v) is 1.89. The van der Waals surface area contributed by atoms with Gasteiger partial charge in [0.25, 0.3) is 0 Å². The average Bonchev–Trinajstić information content (AvgIpc) is 2.64. The van der Waals surface area contributed by atoms with Gasteiger partial charge in [-0.15, -0.1) is 0 Å². The molecule has 1 aliphatic rings. The number of ether oxygens (including phenoxy) is 1. The Kier molecular flexibility index (Phi) is 4.74. The van der Waals surface area contributed by atoms with Gasteiger partial charge < -0.3 is 15.8 Å². The lowest BCUT2D eigenvalue weighted by Crippen LogP contribution is -2.48. The monoisotopic (exact) mass is 228 g/mol. The summed E-state index contributed by atoms with van der Waals surface area (Å²) in [6.07, 6.45) is 2.64. The molecule has 1 saturated heterocycles. The minimum atomic E-state index is 0.000936. The predicted octanol–water partition coefficient (Wildman–Crippen LogP) is 1.05. The molecule has 0 aromatic heterocycles. The van der Waals surface area contributed by atoms with Gasteiger partial charge in [-0.05, 0) is 18.3 Å². The van der Waals surface area contributed by atoms with Crippen molar-refractivity contribution >= 4 is 5.91 Å². The number of amides is 1. The number of rotatable bonds is 4. The Morgan fingerprint density at radius 2 is 2.25 bits per heavy atom. The number of nitrogens with two attached hydrogens (primary N) is 1. The number of hydrogen-bond acceptors (Lipinski definition) is 3. The van der Waals surface area contributed by atoms with Crippen LogP contribution in [-0.2, 0) is 9.53 Å². The van der Waals surface area contributed by atoms with Crippen LogP contribution in [0.2, 0.25) is 0 Å². The average molecular weight is 228 g/mol. The summed E-state index contributed by atoms with van der Waals surface area (Å²) in [7, 11) is 0. The second-order valence-electron chi connectivity index (χ2n) is 5.56. The first-order chi connectivity index (χ1) is 7.43. The summed E-state index contributed by atoms with van der Waals surface area (Å²) >= 11 is 0. The van der Waals surface area contributed by atoms with Gasteiger partial charge in [0, 0.05) is 19.2 Å². The Morgan fingerprint density at radius 1 is 1.56 bits per heavy atom. The zero-order valence-corrected chi connectivity index (χ0v) is 10.6. The summed E-state index contributed by atoms with van der Waals surface area (Å²) < 4.78 is 5.43. The van der Waals surface area contributed by atoms with Crippen molar-refractivity contribution in [1.82, 2.24) is 5.32 Å². The Balaban J connectivity index is 2.36. The van der Waals surface area contributed by atoms with E-state index in [0.29, 0.717) is 13.0 Å². The molecule has 0 aromatic carbocycles. The lowest BCUT2D eigenvalue weighted by Gasteiger charge is -2.30. The van der Waals surface area contributed by atoms with Crippen LogP contribution in [0.4, 0.5) is 0 Å². The fraction of sp³-hybridized carbons (Fsp3) is 0.917. The fourth-order valence-electron chi connectivity index (χ4n) is 1.89. The second kappa shape index (κ2) is 5.64. The van der Waals surface area contributed by atoms with E-state index < -0.39 is 0 Å². The topological polar surface area (TPSA) is 64.3 Å². The van der Waals surface area contributed by atoms with Gasteiger partial charge in [-0.1, -0.05) is 20.8 Å². The number of hydrogen-bond donors (Lipinski definition) is 2. The number of nitrogens with one attached hydrogen (secondary N) is 1. The molecule has 1 rings (SSSR count). The summed E-state index contributed by atoms with van der Waals surface area (Å²) in [4.78, 5) is 11.8. The first-order valence-corrected chi connectivity index (χ1v) is 6.04. The van der Waals surface area contributed by atoms with Crippen molar-refractivity contribution < 1.29 is 9.53 Å². The van der Waals surface area contributed by atoms with Crippen molar-refractivity contribution in [1.29, 1.82) is 0 Å². The largest absolute Gasteiger partial charge is 0.378 e. The third kappa shape index (κ3) is 4.10. The Bertz CT molecular complexity index is 230. The van der Waals surface area contributed by atoms with Crippen LogP contribution in [-0.4, -0.2) is 31.2 Å². The molecule has 2 atom stereocenters. The van der Waals surface area contributed by atoms with Crippen LogP contribution in [0.3, 0.4) is 0 Å². The third-order valence-electron chi connectivity index (χ3n) is 3.05. The van der Waals surface area contributed by atoms with Gasteiger partial charge in [0.15, 0.2) is 0 Å². The molecule has 94 valence electrons. The molecule has 0 saturated carbocycles. The van der Waals surface area contributed by atoms with Crippen molar-refractivity contribution in [2.45, 2.75) is 52.2 Å². The van der Waals surface area contributed by atoms with E-state index in [9.17, 15) is 4.79 Å². The van der Waals surface area contributed by atoms with E-state index in [1.165, 1.54) is 0 Å². The predicted molar refractivity (Wildman–Crippen MR) is 64.0 cm³/mol. The smallest absolute Gasteiger partial charge is 0.222 e. The van der Waals surface area contributed by atoms with Crippen molar-refractivity contribution in [3.63, 3.8) is 0 Å². The Morgan fingerprint density at radius 3 is 2.69 bits per heavy atom. The molecule has 0 radical (unpaired) electrons. The van der Waals surface area contributed by atoms with Crippen molar-refractivity contribution in [2.75, 3.05) is 13.2 Å². The Hall–Kier alpha value is -0.610. The van der Waals surface area contributed by atoms with Gasteiger partial charge in [0.05, 0.1) is 12.5 Å². The van der Waals surface area contributed by atoms with Gasteiger partial charge in [-0.2, -0.15) is 0 Å². The van der Waals surface area contributed by atoms with Gasteiger partial charge in [0.2, 0.25) is 5.91 Å². The van der Waals surface area contributed by atoms with Gasteiger partial charge >= 0.3 is 0 Å². The highest BCUT2D eigenvalue weighted by Gasteiger charge is 2.26. The van der Waals surface area contributed by atoms with Crippen LogP contribution in [0.25, 0.3) is 0 Å². The van der Waals surface area contributed by atoms with Crippen LogP contribution < -0.4 is 11.1 Å². The third-order valence-corrected chi connectivity index (χ3v) is 3.05. The van der Waals surface area contributed by atoms with Gasteiger partial charge in [0.1, 0.15) is 0 Å². The number of carbonyl (C=O) groups is 1. The molecule has 1 amide bonds. The van der Waals surface area contributed by atoms with Crippen LogP contribution in [0, 0.1) is 5.41 Å². The summed E-state index contributed by atoms with van der Waals surface area (Å²) in [6, 6.07) is 0.0291. The first-order valence-electron chi connectivity index (χ1n) is 6.04. The van der Waals surface area contributed by atoms with Crippen molar-refractivity contribution in [3.05, 3.63) is 0 Å². The highest BCUT2D eigenvalue weighted by Crippen LogP contribution is 2.19. The maximum Gasteiger partial charge on any atom is 0.222 e. The molecular weight excluding hydrogens is 204 g/mol. The molecule has 1 aliphatic heterocycles. The Labute approximate surface area is 97.9 Å². The lowest BCUT2D eigenvalue weighted by molar-refractivity contribution is -0.124. The van der Waals surface area contributed by atoms with E-state index >= 15 is 0 Å². The van der Waals surface area contributed by atoms with Crippen LogP contribution in [0.15, 0.2) is 0 Å². The molecule has 3 N–H and O–H groups in total. The summed E-state index contributed by atoms with van der Waals surface area (Å²) in [5.74, 6) is 0.0530. The summed E-state index contributed by atoms with van der Waals surface area (Å²) in [6.45, 7) is 7.50. The second-order valence-corrected chi connectivity index (χ2v) is 5.56.